The van der Waals surface area contributed by atoms with Crippen molar-refractivity contribution in [3.8, 4) is 5.75 Å². The third-order valence-corrected chi connectivity index (χ3v) is 9.77. The summed E-state index contributed by atoms with van der Waals surface area (Å²) in [6.07, 6.45) is 16.7. The highest BCUT2D eigenvalue weighted by atomic mass is 32.2. The predicted molar refractivity (Wildman–Crippen MR) is 159 cm³/mol. The lowest BCUT2D eigenvalue weighted by Gasteiger charge is -2.30. The molecule has 0 amide bonds. The molecule has 0 aliphatic heterocycles. The van der Waals surface area contributed by atoms with Crippen LogP contribution < -0.4 is 10.3 Å². The number of hydrogen-bond acceptors (Lipinski definition) is 8. The van der Waals surface area contributed by atoms with Crippen molar-refractivity contribution in [1.82, 2.24) is 19.9 Å². The molecule has 0 saturated heterocycles. The van der Waals surface area contributed by atoms with Gasteiger partial charge in [0.25, 0.3) is 10.0 Å². The van der Waals surface area contributed by atoms with Crippen molar-refractivity contribution in [2.45, 2.75) is 62.8 Å². The van der Waals surface area contributed by atoms with E-state index in [0.29, 0.717) is 29.9 Å². The number of aromatic hydroxyl groups is 1. The lowest BCUT2D eigenvalue weighted by Crippen LogP contribution is -2.20. The fourth-order valence-corrected chi connectivity index (χ4v) is 7.02. The summed E-state index contributed by atoms with van der Waals surface area (Å²) in [6.45, 7) is 2.16. The Bertz CT molecular complexity index is 1840. The molecule has 6 rings (SSSR count). The molecule has 10 nitrogen and oxygen atoms in total. The summed E-state index contributed by atoms with van der Waals surface area (Å²) in [6, 6.07) is 8.63. The van der Waals surface area contributed by atoms with Crippen molar-refractivity contribution in [3.05, 3.63) is 94.6 Å². The van der Waals surface area contributed by atoms with Gasteiger partial charge in [-0.25, -0.2) is 19.7 Å². The Balaban J connectivity index is 1.21. The van der Waals surface area contributed by atoms with Gasteiger partial charge in [-0.05, 0) is 67.6 Å². The van der Waals surface area contributed by atoms with E-state index in [4.69, 9.17) is 4.42 Å². The number of imidazole rings is 1. The van der Waals surface area contributed by atoms with Crippen LogP contribution in [-0.2, 0) is 22.9 Å². The molecule has 0 bridgehead atoms. The van der Waals surface area contributed by atoms with Crippen molar-refractivity contribution in [2.75, 3.05) is 4.72 Å². The monoisotopic (exact) mass is 587 g/mol. The topological polar surface area (TPSA) is 151 Å². The van der Waals surface area contributed by atoms with Crippen LogP contribution in [0.25, 0.3) is 11.2 Å². The Morgan fingerprint density at radius 2 is 2.05 bits per heavy atom. The van der Waals surface area contributed by atoms with Crippen LogP contribution in [0.15, 0.2) is 81.5 Å². The second-order valence-corrected chi connectivity index (χ2v) is 12.8. The minimum atomic E-state index is -4.03. The van der Waals surface area contributed by atoms with Crippen molar-refractivity contribution in [3.63, 3.8) is 0 Å². The summed E-state index contributed by atoms with van der Waals surface area (Å²) >= 11 is 0. The molecule has 42 heavy (non-hydrogen) atoms. The quantitative estimate of drug-likeness (QED) is 0.198. The van der Waals surface area contributed by atoms with Gasteiger partial charge in [0.05, 0.1) is 11.9 Å². The maximum absolute atomic E-state index is 13.3. The fraction of sp³-hybridized carbons (Fsp3) is 0.355. The van der Waals surface area contributed by atoms with Crippen LogP contribution in [0, 0.1) is 11.3 Å². The molecule has 2 atom stereocenters. The summed E-state index contributed by atoms with van der Waals surface area (Å²) in [5, 5.41) is 10.9. The van der Waals surface area contributed by atoms with Gasteiger partial charge in [0.2, 0.25) is 5.03 Å². The molecule has 1 aromatic carbocycles. The number of fused-ring (bicyclic) bond motifs is 1. The number of sulfonamides is 1. The van der Waals surface area contributed by atoms with Crippen molar-refractivity contribution < 1.29 is 17.9 Å². The Hall–Kier alpha value is -4.25. The van der Waals surface area contributed by atoms with Crippen molar-refractivity contribution in [2.24, 2.45) is 11.3 Å². The van der Waals surface area contributed by atoms with E-state index < -0.39 is 15.6 Å². The van der Waals surface area contributed by atoms with Crippen LogP contribution >= 0.6 is 0 Å². The third kappa shape index (κ3) is 5.74. The molecule has 3 N–H and O–H groups in total. The van der Waals surface area contributed by atoms with Gasteiger partial charge < -0.3 is 14.5 Å². The van der Waals surface area contributed by atoms with E-state index in [1.165, 1.54) is 6.33 Å². The van der Waals surface area contributed by atoms with E-state index in [2.05, 4.69) is 49.8 Å². The van der Waals surface area contributed by atoms with E-state index in [1.54, 1.807) is 24.3 Å². The number of H-pyrrole nitrogens is 1. The summed E-state index contributed by atoms with van der Waals surface area (Å²) in [5.74, 6) is 0.440. The Morgan fingerprint density at radius 3 is 2.79 bits per heavy atom. The van der Waals surface area contributed by atoms with Crippen LogP contribution in [0.3, 0.4) is 0 Å². The molecular formula is C31H33N5O5S. The first-order valence-corrected chi connectivity index (χ1v) is 15.7. The second-order valence-electron chi connectivity index (χ2n) is 11.2. The number of hydrogen-bond donors (Lipinski definition) is 3. The molecule has 0 spiro atoms. The van der Waals surface area contributed by atoms with Crippen LogP contribution in [0.2, 0.25) is 0 Å². The Morgan fingerprint density at radius 1 is 1.19 bits per heavy atom. The average Bonchev–Trinajstić information content (AvgIpc) is 3.71. The first-order chi connectivity index (χ1) is 20.3. The number of aryl methyl sites for hydroxylation is 1. The molecule has 3 aromatic heterocycles. The molecule has 218 valence electrons. The van der Waals surface area contributed by atoms with Gasteiger partial charge in [0.1, 0.15) is 23.4 Å². The van der Waals surface area contributed by atoms with Crippen LogP contribution in [0.4, 0.5) is 5.69 Å². The summed E-state index contributed by atoms with van der Waals surface area (Å²) < 4.78 is 34.7. The molecule has 1 fully saturated rings. The first-order valence-electron chi connectivity index (χ1n) is 14.2. The van der Waals surface area contributed by atoms with E-state index in [9.17, 15) is 18.3 Å². The van der Waals surface area contributed by atoms with Crippen molar-refractivity contribution >= 4 is 26.9 Å². The van der Waals surface area contributed by atoms with Gasteiger partial charge in [-0.2, -0.15) is 8.42 Å². The molecular weight excluding hydrogens is 554 g/mol. The molecule has 2 unspecified atom stereocenters. The van der Waals surface area contributed by atoms with Gasteiger partial charge >= 0.3 is 5.63 Å². The predicted octanol–water partition coefficient (Wildman–Crippen LogP) is 5.39. The standard InChI is InChI=1S/C31H33N5O5S/c1-2-31(12-4-3-5-13-31)14-11-23-17-25(37)26(30(38)41-23)24(21-9-10-21)16-20-7-6-8-22(15-20)36-42(39,40)29-27-28(33-18-32-27)34-19-35-29/h3-8,12,15,17-19,21,24,36-37H,2,9-11,13-14,16H2,1H3,(H,32,33,34,35). The third-order valence-electron chi connectivity index (χ3n) is 8.45. The number of allylic oxidation sites excluding steroid dienone is 4. The van der Waals surface area contributed by atoms with E-state index in [-0.39, 0.29) is 39.2 Å². The second kappa shape index (κ2) is 11.2. The fourth-order valence-electron chi connectivity index (χ4n) is 5.88. The maximum Gasteiger partial charge on any atom is 0.343 e. The van der Waals surface area contributed by atoms with Crippen LogP contribution in [0.1, 0.15) is 61.8 Å². The number of rotatable bonds is 11. The highest BCUT2D eigenvalue weighted by molar-refractivity contribution is 7.92. The largest absolute Gasteiger partial charge is 0.507 e. The molecule has 3 heterocycles. The number of anilines is 1. The lowest BCUT2D eigenvalue weighted by molar-refractivity contribution is 0.317. The summed E-state index contributed by atoms with van der Waals surface area (Å²) in [5.41, 5.74) is 1.48. The van der Waals surface area contributed by atoms with Gasteiger partial charge in [-0.15, -0.1) is 0 Å². The Labute approximate surface area is 243 Å². The molecule has 2 aliphatic carbocycles. The lowest BCUT2D eigenvalue weighted by atomic mass is 9.75. The number of benzene rings is 1. The van der Waals surface area contributed by atoms with Crippen LogP contribution in [0.5, 0.6) is 5.75 Å². The highest BCUT2D eigenvalue weighted by Crippen LogP contribution is 2.46. The van der Waals surface area contributed by atoms with E-state index in [0.717, 1.165) is 44.0 Å². The molecule has 4 aromatic rings. The molecule has 0 radical (unpaired) electrons. The first kappa shape index (κ1) is 27.9. The molecule has 2 aliphatic rings. The maximum atomic E-state index is 13.3. The van der Waals surface area contributed by atoms with Gasteiger partial charge in [-0.3, -0.25) is 4.72 Å². The average molecular weight is 588 g/mol. The van der Waals surface area contributed by atoms with E-state index >= 15 is 0 Å². The van der Waals surface area contributed by atoms with E-state index in [1.807, 2.05) is 12.1 Å². The normalized spacial score (nSPS) is 19.3. The zero-order valence-electron chi connectivity index (χ0n) is 23.3. The zero-order chi connectivity index (χ0) is 29.3. The minimum Gasteiger partial charge on any atom is -0.507 e. The highest BCUT2D eigenvalue weighted by Gasteiger charge is 2.36. The van der Waals surface area contributed by atoms with Gasteiger partial charge in [-0.1, -0.05) is 43.4 Å². The van der Waals surface area contributed by atoms with Gasteiger partial charge in [0.15, 0.2) is 5.65 Å². The summed E-state index contributed by atoms with van der Waals surface area (Å²) in [7, 11) is -4.03. The number of nitrogens with one attached hydrogen (secondary N) is 2. The van der Waals surface area contributed by atoms with Gasteiger partial charge in [0, 0.05) is 24.1 Å². The smallest absolute Gasteiger partial charge is 0.343 e. The number of nitrogens with zero attached hydrogens (tertiary/aromatic N) is 3. The summed E-state index contributed by atoms with van der Waals surface area (Å²) in [4.78, 5) is 28.0. The minimum absolute atomic E-state index is 0.0302. The SMILES string of the molecule is CCC1(CCc2cc(O)c(C(Cc3cccc(NS(=O)(=O)c4ncnc5nc[nH]c45)c3)C3CC3)c(=O)o2)C=CC=CC1. The molecule has 11 heteroatoms. The number of aromatic amines is 1. The molecule has 1 saturated carbocycles. The zero-order valence-corrected chi connectivity index (χ0v) is 24.1. The van der Waals surface area contributed by atoms with Crippen molar-refractivity contribution in [1.29, 1.82) is 0 Å². The van der Waals surface area contributed by atoms with Crippen LogP contribution in [-0.4, -0.2) is 33.5 Å². The Kier molecular flexibility index (Phi) is 7.44. The number of aromatic nitrogens is 4.